The van der Waals surface area contributed by atoms with E-state index in [1.54, 1.807) is 25.3 Å². The van der Waals surface area contributed by atoms with E-state index in [4.69, 9.17) is 9.47 Å². The number of anilines is 1. The van der Waals surface area contributed by atoms with E-state index in [0.717, 1.165) is 18.6 Å². The molecule has 0 atom stereocenters. The van der Waals surface area contributed by atoms with Gasteiger partial charge in [-0.3, -0.25) is 4.79 Å². The van der Waals surface area contributed by atoms with Gasteiger partial charge in [0.1, 0.15) is 11.5 Å². The smallest absolute Gasteiger partial charge is 0.255 e. The third kappa shape index (κ3) is 4.52. The monoisotopic (exact) mass is 299 g/mol. The number of ether oxygens (including phenoxy) is 2. The highest BCUT2D eigenvalue weighted by Gasteiger charge is 2.07. The third-order valence-electron chi connectivity index (χ3n) is 3.21. The van der Waals surface area contributed by atoms with E-state index >= 15 is 0 Å². The minimum atomic E-state index is -0.159. The molecule has 0 spiro atoms. The van der Waals surface area contributed by atoms with Crippen LogP contribution in [0, 0.1) is 0 Å². The fourth-order valence-electron chi connectivity index (χ4n) is 1.94. The van der Waals surface area contributed by atoms with Crippen LogP contribution in [0.2, 0.25) is 0 Å². The van der Waals surface area contributed by atoms with Crippen molar-refractivity contribution in [1.82, 2.24) is 0 Å². The van der Waals surface area contributed by atoms with Gasteiger partial charge in [-0.05, 0) is 42.8 Å². The Bertz CT molecular complexity index is 608. The van der Waals surface area contributed by atoms with E-state index in [2.05, 4.69) is 12.2 Å². The summed E-state index contributed by atoms with van der Waals surface area (Å²) in [6.45, 7) is 2.82. The molecule has 0 aromatic heterocycles. The zero-order valence-corrected chi connectivity index (χ0v) is 13.0. The molecule has 2 rings (SSSR count). The number of hydrogen-bond acceptors (Lipinski definition) is 3. The predicted molar refractivity (Wildman–Crippen MR) is 87.8 cm³/mol. The van der Waals surface area contributed by atoms with Crippen LogP contribution < -0.4 is 14.8 Å². The van der Waals surface area contributed by atoms with Gasteiger partial charge in [0.2, 0.25) is 0 Å². The molecular weight excluding hydrogens is 278 g/mol. The molecule has 4 heteroatoms. The molecule has 2 aromatic rings. The molecule has 0 unspecified atom stereocenters. The van der Waals surface area contributed by atoms with Gasteiger partial charge < -0.3 is 14.8 Å². The average molecular weight is 299 g/mol. The van der Waals surface area contributed by atoms with Crippen LogP contribution >= 0.6 is 0 Å². The van der Waals surface area contributed by atoms with E-state index in [0.29, 0.717) is 23.6 Å². The molecule has 0 aliphatic carbocycles. The Morgan fingerprint density at radius 3 is 2.55 bits per heavy atom. The summed E-state index contributed by atoms with van der Waals surface area (Å²) in [4.78, 5) is 12.2. The van der Waals surface area contributed by atoms with Crippen molar-refractivity contribution in [2.45, 2.75) is 19.8 Å². The lowest BCUT2D eigenvalue weighted by molar-refractivity contribution is 0.102. The van der Waals surface area contributed by atoms with Crippen LogP contribution in [0.3, 0.4) is 0 Å². The van der Waals surface area contributed by atoms with Crippen molar-refractivity contribution in [1.29, 1.82) is 0 Å². The second-order valence-electron chi connectivity index (χ2n) is 4.91. The van der Waals surface area contributed by atoms with Gasteiger partial charge in [-0.25, -0.2) is 0 Å². The van der Waals surface area contributed by atoms with Crippen molar-refractivity contribution in [3.63, 3.8) is 0 Å². The Balaban J connectivity index is 1.97. The third-order valence-corrected chi connectivity index (χ3v) is 3.21. The minimum absolute atomic E-state index is 0.159. The Morgan fingerprint density at radius 2 is 1.86 bits per heavy atom. The van der Waals surface area contributed by atoms with Crippen LogP contribution in [0.5, 0.6) is 11.5 Å². The number of hydrogen-bond donors (Lipinski definition) is 1. The molecule has 1 amide bonds. The molecule has 4 nitrogen and oxygen atoms in total. The number of benzene rings is 2. The first-order valence-electron chi connectivity index (χ1n) is 7.41. The predicted octanol–water partition coefficient (Wildman–Crippen LogP) is 4.13. The van der Waals surface area contributed by atoms with Gasteiger partial charge in [0.25, 0.3) is 5.91 Å². The second-order valence-corrected chi connectivity index (χ2v) is 4.91. The number of carbonyl (C=O) groups is 1. The molecule has 0 aliphatic rings. The number of methoxy groups -OCH3 is 1. The van der Waals surface area contributed by atoms with Gasteiger partial charge in [-0.15, -0.1) is 0 Å². The van der Waals surface area contributed by atoms with Gasteiger partial charge >= 0.3 is 0 Å². The fourth-order valence-corrected chi connectivity index (χ4v) is 1.94. The number of unbranched alkanes of at least 4 members (excludes halogenated alkanes) is 1. The maximum absolute atomic E-state index is 12.2. The van der Waals surface area contributed by atoms with E-state index < -0.39 is 0 Å². The SMILES string of the molecule is CCCCOc1ccc(C(=O)Nc2cccc(OC)c2)cc1. The number of amides is 1. The number of rotatable bonds is 7. The zero-order chi connectivity index (χ0) is 15.8. The second kappa shape index (κ2) is 8.08. The van der Waals surface area contributed by atoms with E-state index in [9.17, 15) is 4.79 Å². The first-order chi connectivity index (χ1) is 10.7. The lowest BCUT2D eigenvalue weighted by Crippen LogP contribution is -2.11. The largest absolute Gasteiger partial charge is 0.497 e. The van der Waals surface area contributed by atoms with Crippen LogP contribution in [0.1, 0.15) is 30.1 Å². The Labute approximate surface area is 131 Å². The van der Waals surface area contributed by atoms with Crippen molar-refractivity contribution in [2.75, 3.05) is 19.0 Å². The van der Waals surface area contributed by atoms with Crippen LogP contribution in [0.15, 0.2) is 48.5 Å². The van der Waals surface area contributed by atoms with E-state index in [1.807, 2.05) is 30.3 Å². The summed E-state index contributed by atoms with van der Waals surface area (Å²) in [5, 5.41) is 2.84. The highest BCUT2D eigenvalue weighted by atomic mass is 16.5. The van der Waals surface area contributed by atoms with Gasteiger partial charge in [0.05, 0.1) is 13.7 Å². The summed E-state index contributed by atoms with van der Waals surface area (Å²) in [7, 11) is 1.60. The standard InChI is InChI=1S/C18H21NO3/c1-3-4-12-22-16-10-8-14(9-11-16)18(20)19-15-6-5-7-17(13-15)21-2/h5-11,13H,3-4,12H2,1-2H3,(H,19,20). The number of nitrogens with one attached hydrogen (secondary N) is 1. The maximum atomic E-state index is 12.2. The first-order valence-corrected chi connectivity index (χ1v) is 7.41. The Hall–Kier alpha value is -2.49. The summed E-state index contributed by atoms with van der Waals surface area (Å²) < 4.78 is 10.7. The molecule has 22 heavy (non-hydrogen) atoms. The lowest BCUT2D eigenvalue weighted by Gasteiger charge is -2.08. The molecule has 1 N–H and O–H groups in total. The van der Waals surface area contributed by atoms with Crippen molar-refractivity contribution in [2.24, 2.45) is 0 Å². The van der Waals surface area contributed by atoms with E-state index in [-0.39, 0.29) is 5.91 Å². The van der Waals surface area contributed by atoms with Crippen molar-refractivity contribution in [3.8, 4) is 11.5 Å². The molecular formula is C18H21NO3. The van der Waals surface area contributed by atoms with Gasteiger partial charge in [0, 0.05) is 17.3 Å². The normalized spacial score (nSPS) is 10.1. The topological polar surface area (TPSA) is 47.6 Å². The molecule has 0 radical (unpaired) electrons. The van der Waals surface area contributed by atoms with Crippen molar-refractivity contribution in [3.05, 3.63) is 54.1 Å². The van der Waals surface area contributed by atoms with Crippen LogP contribution in [0.25, 0.3) is 0 Å². The van der Waals surface area contributed by atoms with E-state index in [1.165, 1.54) is 0 Å². The molecule has 0 fully saturated rings. The summed E-state index contributed by atoms with van der Waals surface area (Å²) in [5.74, 6) is 1.33. The Kier molecular flexibility index (Phi) is 5.83. The Morgan fingerprint density at radius 1 is 1.09 bits per heavy atom. The molecule has 0 saturated carbocycles. The first kappa shape index (κ1) is 15.9. The van der Waals surface area contributed by atoms with Crippen LogP contribution in [0.4, 0.5) is 5.69 Å². The summed E-state index contributed by atoms with van der Waals surface area (Å²) in [5.41, 5.74) is 1.29. The molecule has 116 valence electrons. The molecule has 0 heterocycles. The van der Waals surface area contributed by atoms with Crippen LogP contribution in [-0.2, 0) is 0 Å². The maximum Gasteiger partial charge on any atom is 0.255 e. The molecule has 0 saturated heterocycles. The molecule has 2 aromatic carbocycles. The van der Waals surface area contributed by atoms with Crippen LogP contribution in [-0.4, -0.2) is 19.6 Å². The van der Waals surface area contributed by atoms with Crippen molar-refractivity contribution >= 4 is 11.6 Å². The zero-order valence-electron chi connectivity index (χ0n) is 13.0. The highest BCUT2D eigenvalue weighted by Crippen LogP contribution is 2.18. The number of carbonyl (C=O) groups excluding carboxylic acids is 1. The summed E-state index contributed by atoms with van der Waals surface area (Å²) in [6, 6.07) is 14.4. The minimum Gasteiger partial charge on any atom is -0.497 e. The summed E-state index contributed by atoms with van der Waals surface area (Å²) >= 11 is 0. The van der Waals surface area contributed by atoms with Crippen molar-refractivity contribution < 1.29 is 14.3 Å². The van der Waals surface area contributed by atoms with Gasteiger partial charge in [-0.2, -0.15) is 0 Å². The quantitative estimate of drug-likeness (QED) is 0.782. The lowest BCUT2D eigenvalue weighted by atomic mass is 10.2. The fraction of sp³-hybridized carbons (Fsp3) is 0.278. The summed E-state index contributed by atoms with van der Waals surface area (Å²) in [6.07, 6.45) is 2.12. The molecule has 0 aliphatic heterocycles. The van der Waals surface area contributed by atoms with Gasteiger partial charge in [0.15, 0.2) is 0 Å². The molecule has 0 bridgehead atoms. The average Bonchev–Trinajstić information content (AvgIpc) is 2.56. The highest BCUT2D eigenvalue weighted by molar-refractivity contribution is 6.04. The van der Waals surface area contributed by atoms with Gasteiger partial charge in [-0.1, -0.05) is 19.4 Å².